The zero-order valence-corrected chi connectivity index (χ0v) is 14.3. The number of ketones is 1. The van der Waals surface area contributed by atoms with E-state index in [2.05, 4.69) is 45.4 Å². The lowest BCUT2D eigenvalue weighted by atomic mass is 9.74. The van der Waals surface area contributed by atoms with Crippen LogP contribution in [0.5, 0.6) is 0 Å². The number of hydrogen-bond acceptors (Lipinski definition) is 1. The molecule has 0 spiro atoms. The quantitative estimate of drug-likeness (QED) is 0.469. The number of hydrogen-bond donors (Lipinski definition) is 0. The maximum atomic E-state index is 12.7. The Labute approximate surface area is 131 Å². The third-order valence-corrected chi connectivity index (χ3v) is 5.33. The minimum absolute atomic E-state index is 0.234. The molecule has 0 radical (unpaired) electrons. The monoisotopic (exact) mass is 420 g/mol. The number of rotatable bonds is 3. The standard InChI is InChI=1S/C15H18BrIO/c1-2-10-5-3-4-6-12(10)15(18)13-9-11(17)7-8-14(13)16/h7-10,12H,2-6H2,1H3. The molecule has 3 heteroatoms. The first kappa shape index (κ1) is 14.5. The van der Waals surface area contributed by atoms with Crippen molar-refractivity contribution in [1.29, 1.82) is 0 Å². The molecule has 18 heavy (non-hydrogen) atoms. The minimum atomic E-state index is 0.234. The topological polar surface area (TPSA) is 17.1 Å². The van der Waals surface area contributed by atoms with Gasteiger partial charge in [0.25, 0.3) is 0 Å². The summed E-state index contributed by atoms with van der Waals surface area (Å²) in [5.74, 6) is 1.15. The number of halogens is 2. The number of carbonyl (C=O) groups is 1. The summed E-state index contributed by atoms with van der Waals surface area (Å²) in [5, 5.41) is 0. The van der Waals surface area contributed by atoms with E-state index < -0.39 is 0 Å². The molecule has 1 nitrogen and oxygen atoms in total. The van der Waals surface area contributed by atoms with Gasteiger partial charge >= 0.3 is 0 Å². The van der Waals surface area contributed by atoms with E-state index in [1.165, 1.54) is 19.3 Å². The molecule has 1 aromatic carbocycles. The SMILES string of the molecule is CCC1CCCCC1C(=O)c1cc(I)ccc1Br. The van der Waals surface area contributed by atoms with Crippen LogP contribution in [0, 0.1) is 15.4 Å². The van der Waals surface area contributed by atoms with Gasteiger partial charge in [-0.1, -0.05) is 42.1 Å². The molecule has 0 saturated heterocycles. The van der Waals surface area contributed by atoms with Gasteiger partial charge in [0, 0.05) is 19.5 Å². The molecule has 0 aliphatic heterocycles. The molecule has 2 atom stereocenters. The first-order valence-electron chi connectivity index (χ1n) is 6.62. The maximum Gasteiger partial charge on any atom is 0.167 e. The summed E-state index contributed by atoms with van der Waals surface area (Å²) in [6, 6.07) is 6.02. The molecule has 98 valence electrons. The highest BCUT2D eigenvalue weighted by atomic mass is 127. The fourth-order valence-electron chi connectivity index (χ4n) is 2.93. The predicted molar refractivity (Wildman–Crippen MR) is 86.9 cm³/mol. The smallest absolute Gasteiger partial charge is 0.167 e. The summed E-state index contributed by atoms with van der Waals surface area (Å²) in [4.78, 5) is 12.7. The van der Waals surface area contributed by atoms with Crippen LogP contribution in [0.4, 0.5) is 0 Å². The molecule has 1 fully saturated rings. The highest BCUT2D eigenvalue weighted by molar-refractivity contribution is 14.1. The fourth-order valence-corrected chi connectivity index (χ4v) is 3.86. The summed E-state index contributed by atoms with van der Waals surface area (Å²) < 4.78 is 2.07. The van der Waals surface area contributed by atoms with Crippen LogP contribution in [0.25, 0.3) is 0 Å². The molecule has 1 aromatic rings. The Morgan fingerprint density at radius 1 is 1.39 bits per heavy atom. The van der Waals surface area contributed by atoms with E-state index in [1.807, 2.05) is 18.2 Å². The van der Waals surface area contributed by atoms with Crippen molar-refractivity contribution in [3.05, 3.63) is 31.8 Å². The van der Waals surface area contributed by atoms with E-state index in [0.717, 1.165) is 26.4 Å². The lowest BCUT2D eigenvalue weighted by Gasteiger charge is -2.30. The van der Waals surface area contributed by atoms with Crippen LogP contribution >= 0.6 is 38.5 Å². The number of benzene rings is 1. The second-order valence-corrected chi connectivity index (χ2v) is 7.15. The fraction of sp³-hybridized carbons (Fsp3) is 0.533. The van der Waals surface area contributed by atoms with Gasteiger partial charge < -0.3 is 0 Å². The van der Waals surface area contributed by atoms with Crippen LogP contribution in [-0.2, 0) is 0 Å². The molecule has 0 amide bonds. The van der Waals surface area contributed by atoms with Crippen molar-refractivity contribution in [3.8, 4) is 0 Å². The van der Waals surface area contributed by atoms with E-state index >= 15 is 0 Å². The molecular weight excluding hydrogens is 403 g/mol. The van der Waals surface area contributed by atoms with Crippen molar-refractivity contribution in [2.45, 2.75) is 39.0 Å². The van der Waals surface area contributed by atoms with Crippen LogP contribution in [0.3, 0.4) is 0 Å². The van der Waals surface area contributed by atoms with E-state index in [0.29, 0.717) is 11.7 Å². The predicted octanol–water partition coefficient (Wildman–Crippen LogP) is 5.45. The molecule has 0 aromatic heterocycles. The summed E-state index contributed by atoms with van der Waals surface area (Å²) in [5.41, 5.74) is 0.868. The third kappa shape index (κ3) is 3.16. The van der Waals surface area contributed by atoms with E-state index in [9.17, 15) is 4.79 Å². The summed E-state index contributed by atoms with van der Waals surface area (Å²) >= 11 is 5.78. The molecule has 1 aliphatic rings. The van der Waals surface area contributed by atoms with E-state index in [4.69, 9.17) is 0 Å². The molecular formula is C15H18BrIO. The maximum absolute atomic E-state index is 12.7. The molecule has 0 heterocycles. The van der Waals surface area contributed by atoms with Crippen molar-refractivity contribution < 1.29 is 4.79 Å². The Balaban J connectivity index is 2.26. The van der Waals surface area contributed by atoms with Crippen molar-refractivity contribution in [2.75, 3.05) is 0 Å². The van der Waals surface area contributed by atoms with E-state index in [-0.39, 0.29) is 5.92 Å². The lowest BCUT2D eigenvalue weighted by Crippen LogP contribution is -2.27. The summed E-state index contributed by atoms with van der Waals surface area (Å²) in [7, 11) is 0. The summed E-state index contributed by atoms with van der Waals surface area (Å²) in [6.07, 6.45) is 5.89. The minimum Gasteiger partial charge on any atom is -0.294 e. The average Bonchev–Trinajstić information content (AvgIpc) is 2.40. The molecule has 0 bridgehead atoms. The zero-order chi connectivity index (χ0) is 13.1. The second-order valence-electron chi connectivity index (χ2n) is 5.05. The second kappa shape index (κ2) is 6.51. The van der Waals surface area contributed by atoms with Gasteiger partial charge in [0.15, 0.2) is 5.78 Å². The Kier molecular flexibility index (Phi) is 5.24. The van der Waals surface area contributed by atoms with Gasteiger partial charge in [-0.15, -0.1) is 0 Å². The van der Waals surface area contributed by atoms with Crippen LogP contribution in [0.2, 0.25) is 0 Å². The third-order valence-electron chi connectivity index (χ3n) is 3.96. The van der Waals surface area contributed by atoms with Gasteiger partial charge in [0.1, 0.15) is 0 Å². The lowest BCUT2D eigenvalue weighted by molar-refractivity contribution is 0.0819. The van der Waals surface area contributed by atoms with Gasteiger partial charge in [-0.25, -0.2) is 0 Å². The molecule has 2 rings (SSSR count). The molecule has 2 unspecified atom stereocenters. The number of carbonyl (C=O) groups excluding carboxylic acids is 1. The van der Waals surface area contributed by atoms with Gasteiger partial charge in [-0.3, -0.25) is 4.79 Å². The Morgan fingerprint density at radius 2 is 2.11 bits per heavy atom. The highest BCUT2D eigenvalue weighted by Crippen LogP contribution is 2.36. The van der Waals surface area contributed by atoms with Crippen molar-refractivity contribution in [3.63, 3.8) is 0 Å². The number of Topliss-reactive ketones (excluding diaryl/α,β-unsaturated/α-hetero) is 1. The van der Waals surface area contributed by atoms with Crippen molar-refractivity contribution in [2.24, 2.45) is 11.8 Å². The van der Waals surface area contributed by atoms with Crippen molar-refractivity contribution >= 4 is 44.3 Å². The summed E-state index contributed by atoms with van der Waals surface area (Å²) in [6.45, 7) is 2.21. The van der Waals surface area contributed by atoms with Gasteiger partial charge in [0.2, 0.25) is 0 Å². The molecule has 1 aliphatic carbocycles. The van der Waals surface area contributed by atoms with Gasteiger partial charge in [-0.2, -0.15) is 0 Å². The van der Waals surface area contributed by atoms with Crippen LogP contribution < -0.4 is 0 Å². The van der Waals surface area contributed by atoms with Gasteiger partial charge in [-0.05, 0) is 59.5 Å². The Bertz CT molecular complexity index is 444. The molecule has 1 saturated carbocycles. The normalized spacial score (nSPS) is 23.9. The van der Waals surface area contributed by atoms with Crippen LogP contribution in [-0.4, -0.2) is 5.78 Å². The van der Waals surface area contributed by atoms with Gasteiger partial charge in [0.05, 0.1) is 0 Å². The first-order valence-corrected chi connectivity index (χ1v) is 8.50. The highest BCUT2D eigenvalue weighted by Gasteiger charge is 2.31. The van der Waals surface area contributed by atoms with Crippen LogP contribution in [0.15, 0.2) is 22.7 Å². The average molecular weight is 421 g/mol. The zero-order valence-electron chi connectivity index (χ0n) is 10.6. The Morgan fingerprint density at radius 3 is 2.83 bits per heavy atom. The Hall–Kier alpha value is 0.1000. The van der Waals surface area contributed by atoms with Crippen LogP contribution in [0.1, 0.15) is 49.4 Å². The molecule has 0 N–H and O–H groups in total. The largest absolute Gasteiger partial charge is 0.294 e. The first-order chi connectivity index (χ1) is 8.63. The van der Waals surface area contributed by atoms with Crippen molar-refractivity contribution in [1.82, 2.24) is 0 Å². The van der Waals surface area contributed by atoms with E-state index in [1.54, 1.807) is 0 Å².